The molecule has 2 aromatic rings. The van der Waals surface area contributed by atoms with E-state index in [1.807, 2.05) is 12.3 Å². The zero-order chi connectivity index (χ0) is 16.9. The van der Waals surface area contributed by atoms with Crippen LogP contribution in [0.4, 0.5) is 11.8 Å². The van der Waals surface area contributed by atoms with E-state index in [4.69, 9.17) is 9.47 Å². The van der Waals surface area contributed by atoms with E-state index in [0.717, 1.165) is 24.5 Å². The van der Waals surface area contributed by atoms with Gasteiger partial charge in [-0.2, -0.15) is 4.98 Å². The highest BCUT2D eigenvalue weighted by molar-refractivity contribution is 5.41. The first-order valence-electron chi connectivity index (χ1n) is 8.10. The molecule has 1 N–H and O–H groups in total. The van der Waals surface area contributed by atoms with Crippen molar-refractivity contribution in [1.82, 2.24) is 15.0 Å². The lowest BCUT2D eigenvalue weighted by Crippen LogP contribution is -2.45. The summed E-state index contributed by atoms with van der Waals surface area (Å²) in [7, 11) is 1.59. The Hall–Kier alpha value is -2.41. The number of ether oxygens (including phenoxy) is 2. The van der Waals surface area contributed by atoms with E-state index in [9.17, 15) is 0 Å². The van der Waals surface area contributed by atoms with Crippen LogP contribution in [-0.2, 0) is 11.3 Å². The van der Waals surface area contributed by atoms with Gasteiger partial charge in [-0.05, 0) is 25.5 Å². The maximum Gasteiger partial charge on any atom is 0.226 e. The highest BCUT2D eigenvalue weighted by atomic mass is 16.5. The van der Waals surface area contributed by atoms with Gasteiger partial charge in [0.15, 0.2) is 0 Å². The summed E-state index contributed by atoms with van der Waals surface area (Å²) in [5.41, 5.74) is 1.07. The minimum absolute atomic E-state index is 0.224. The van der Waals surface area contributed by atoms with Crippen molar-refractivity contribution in [2.75, 3.05) is 30.4 Å². The SMILES string of the molecule is COc1ccnc(NCc2ccc(N3CC(C)OC(C)C3)nc2)n1. The molecule has 128 valence electrons. The Morgan fingerprint density at radius 3 is 2.67 bits per heavy atom. The molecular formula is C17H23N5O2. The van der Waals surface area contributed by atoms with Crippen LogP contribution in [0.25, 0.3) is 0 Å². The molecule has 2 atom stereocenters. The van der Waals surface area contributed by atoms with Crippen LogP contribution in [0.15, 0.2) is 30.6 Å². The minimum Gasteiger partial charge on any atom is -0.481 e. The predicted molar refractivity (Wildman–Crippen MR) is 92.4 cm³/mol. The summed E-state index contributed by atoms with van der Waals surface area (Å²) in [6.45, 7) is 6.53. The molecule has 1 aliphatic rings. The lowest BCUT2D eigenvalue weighted by molar-refractivity contribution is -0.00545. The largest absolute Gasteiger partial charge is 0.481 e. The molecule has 1 aliphatic heterocycles. The Labute approximate surface area is 142 Å². The number of nitrogens with one attached hydrogen (secondary N) is 1. The van der Waals surface area contributed by atoms with Crippen molar-refractivity contribution in [1.29, 1.82) is 0 Å². The number of morpholine rings is 1. The van der Waals surface area contributed by atoms with E-state index in [-0.39, 0.29) is 12.2 Å². The van der Waals surface area contributed by atoms with Gasteiger partial charge in [0.25, 0.3) is 0 Å². The van der Waals surface area contributed by atoms with Crippen LogP contribution in [0.3, 0.4) is 0 Å². The van der Waals surface area contributed by atoms with E-state index >= 15 is 0 Å². The molecule has 2 unspecified atom stereocenters. The third-order valence-corrected chi connectivity index (χ3v) is 3.84. The third-order valence-electron chi connectivity index (χ3n) is 3.84. The monoisotopic (exact) mass is 329 g/mol. The number of hydrogen-bond donors (Lipinski definition) is 1. The van der Waals surface area contributed by atoms with Crippen LogP contribution in [0.1, 0.15) is 19.4 Å². The Morgan fingerprint density at radius 2 is 2.00 bits per heavy atom. The second-order valence-corrected chi connectivity index (χ2v) is 5.96. The first kappa shape index (κ1) is 16.4. The van der Waals surface area contributed by atoms with E-state index in [0.29, 0.717) is 18.4 Å². The van der Waals surface area contributed by atoms with Gasteiger partial charge in [0.2, 0.25) is 11.8 Å². The van der Waals surface area contributed by atoms with Crippen molar-refractivity contribution in [3.63, 3.8) is 0 Å². The summed E-state index contributed by atoms with van der Waals surface area (Å²) in [5.74, 6) is 2.06. The average Bonchev–Trinajstić information content (AvgIpc) is 2.60. The first-order valence-corrected chi connectivity index (χ1v) is 8.10. The highest BCUT2D eigenvalue weighted by Gasteiger charge is 2.22. The maximum atomic E-state index is 5.76. The van der Waals surface area contributed by atoms with Crippen molar-refractivity contribution >= 4 is 11.8 Å². The van der Waals surface area contributed by atoms with Gasteiger partial charge in [-0.3, -0.25) is 0 Å². The fraction of sp³-hybridized carbons (Fsp3) is 0.471. The fourth-order valence-corrected chi connectivity index (χ4v) is 2.80. The zero-order valence-corrected chi connectivity index (χ0v) is 14.3. The molecule has 3 rings (SSSR count). The summed E-state index contributed by atoms with van der Waals surface area (Å²) in [4.78, 5) is 15.2. The molecule has 2 aromatic heterocycles. The number of anilines is 2. The van der Waals surface area contributed by atoms with E-state index < -0.39 is 0 Å². The predicted octanol–water partition coefficient (Wildman–Crippen LogP) is 2.11. The molecule has 3 heterocycles. The molecule has 0 bridgehead atoms. The molecular weight excluding hydrogens is 306 g/mol. The quantitative estimate of drug-likeness (QED) is 0.900. The average molecular weight is 329 g/mol. The Bertz CT molecular complexity index is 654. The summed E-state index contributed by atoms with van der Waals surface area (Å²) >= 11 is 0. The summed E-state index contributed by atoms with van der Waals surface area (Å²) in [5, 5.41) is 3.17. The van der Waals surface area contributed by atoms with Crippen molar-refractivity contribution < 1.29 is 9.47 Å². The minimum atomic E-state index is 0.224. The maximum absolute atomic E-state index is 5.76. The summed E-state index contributed by atoms with van der Waals surface area (Å²) in [6, 6.07) is 5.83. The van der Waals surface area contributed by atoms with Gasteiger partial charge in [0, 0.05) is 38.1 Å². The molecule has 0 saturated carbocycles. The smallest absolute Gasteiger partial charge is 0.226 e. The topological polar surface area (TPSA) is 72.4 Å². The normalized spacial score (nSPS) is 20.7. The number of rotatable bonds is 5. The molecule has 0 radical (unpaired) electrons. The van der Waals surface area contributed by atoms with Gasteiger partial charge < -0.3 is 19.7 Å². The Morgan fingerprint density at radius 1 is 1.21 bits per heavy atom. The molecule has 7 nitrogen and oxygen atoms in total. The summed E-state index contributed by atoms with van der Waals surface area (Å²) in [6.07, 6.45) is 3.99. The molecule has 0 amide bonds. The molecule has 0 aromatic carbocycles. The Kier molecular flexibility index (Phi) is 5.10. The molecule has 1 saturated heterocycles. The molecule has 0 spiro atoms. The molecule has 0 aliphatic carbocycles. The summed E-state index contributed by atoms with van der Waals surface area (Å²) < 4.78 is 10.9. The van der Waals surface area contributed by atoms with Crippen LogP contribution in [0.5, 0.6) is 5.88 Å². The second kappa shape index (κ2) is 7.44. The lowest BCUT2D eigenvalue weighted by atomic mass is 10.2. The van der Waals surface area contributed by atoms with Crippen LogP contribution in [0.2, 0.25) is 0 Å². The van der Waals surface area contributed by atoms with Gasteiger partial charge in [-0.25, -0.2) is 9.97 Å². The number of hydrogen-bond acceptors (Lipinski definition) is 7. The lowest BCUT2D eigenvalue weighted by Gasteiger charge is -2.36. The molecule has 1 fully saturated rings. The van der Waals surface area contributed by atoms with Gasteiger partial charge in [-0.1, -0.05) is 6.07 Å². The van der Waals surface area contributed by atoms with Crippen LogP contribution >= 0.6 is 0 Å². The zero-order valence-electron chi connectivity index (χ0n) is 14.3. The molecule has 24 heavy (non-hydrogen) atoms. The van der Waals surface area contributed by atoms with Gasteiger partial charge in [0.05, 0.1) is 19.3 Å². The number of nitrogens with zero attached hydrogens (tertiary/aromatic N) is 4. The van der Waals surface area contributed by atoms with E-state index in [2.05, 4.69) is 45.1 Å². The standard InChI is InChI=1S/C17H23N5O2/c1-12-10-22(11-13(2)24-12)15-5-4-14(8-19-15)9-20-17-18-7-6-16(21-17)23-3/h4-8,12-13H,9-11H2,1-3H3,(H,18,20,21). The van der Waals surface area contributed by atoms with Gasteiger partial charge in [0.1, 0.15) is 5.82 Å². The van der Waals surface area contributed by atoms with Gasteiger partial charge >= 0.3 is 0 Å². The highest BCUT2D eigenvalue weighted by Crippen LogP contribution is 2.18. The van der Waals surface area contributed by atoms with Crippen molar-refractivity contribution in [2.45, 2.75) is 32.6 Å². The van der Waals surface area contributed by atoms with E-state index in [1.54, 1.807) is 19.4 Å². The van der Waals surface area contributed by atoms with Crippen LogP contribution in [0, 0.1) is 0 Å². The second-order valence-electron chi connectivity index (χ2n) is 5.96. The Balaban J connectivity index is 1.60. The van der Waals surface area contributed by atoms with Crippen LogP contribution in [-0.4, -0.2) is 47.4 Å². The van der Waals surface area contributed by atoms with Crippen LogP contribution < -0.4 is 15.0 Å². The number of aromatic nitrogens is 3. The number of methoxy groups -OCH3 is 1. The first-order chi connectivity index (χ1) is 11.6. The van der Waals surface area contributed by atoms with Crippen molar-refractivity contribution in [3.05, 3.63) is 36.2 Å². The van der Waals surface area contributed by atoms with Crippen molar-refractivity contribution in [3.8, 4) is 5.88 Å². The van der Waals surface area contributed by atoms with Crippen molar-refractivity contribution in [2.24, 2.45) is 0 Å². The fourth-order valence-electron chi connectivity index (χ4n) is 2.80. The molecule has 7 heteroatoms. The third kappa shape index (κ3) is 4.11. The van der Waals surface area contributed by atoms with E-state index in [1.165, 1.54) is 0 Å². The van der Waals surface area contributed by atoms with Gasteiger partial charge in [-0.15, -0.1) is 0 Å². The number of pyridine rings is 1.